The van der Waals surface area contributed by atoms with Crippen molar-refractivity contribution in [2.24, 2.45) is 0 Å². The third-order valence-electron chi connectivity index (χ3n) is 6.09. The average Bonchev–Trinajstić information content (AvgIpc) is 3.14. The van der Waals surface area contributed by atoms with Crippen LogP contribution in [0.4, 0.5) is 0 Å². The molecule has 0 bridgehead atoms. The van der Waals surface area contributed by atoms with E-state index in [9.17, 15) is 0 Å². The molecule has 0 spiro atoms. The van der Waals surface area contributed by atoms with Crippen LogP contribution < -0.4 is 31.8 Å². The van der Waals surface area contributed by atoms with Gasteiger partial charge in [0, 0.05) is 0 Å². The minimum absolute atomic E-state index is 0. The zero-order valence-corrected chi connectivity index (χ0v) is 28.1. The topological polar surface area (TPSA) is 51.2 Å². The second kappa shape index (κ2) is 24.2. The van der Waals surface area contributed by atoms with Gasteiger partial charge in [0.05, 0.1) is 0 Å². The predicted octanol–water partition coefficient (Wildman–Crippen LogP) is 6.06. The van der Waals surface area contributed by atoms with Crippen LogP contribution in [0.2, 0.25) is 0 Å². The van der Waals surface area contributed by atoms with E-state index in [2.05, 4.69) is 202 Å². The second-order valence-electron chi connectivity index (χ2n) is 8.68. The smallest absolute Gasteiger partial charge is 0.545 e. The van der Waals surface area contributed by atoms with E-state index in [1.165, 1.54) is 31.8 Å². The first-order valence-electron chi connectivity index (χ1n) is 13.5. The van der Waals surface area contributed by atoms with E-state index in [0.717, 1.165) is 0 Å². The molecule has 0 aromatic heterocycles. The van der Waals surface area contributed by atoms with Crippen molar-refractivity contribution in [3.05, 3.63) is 182 Å². The van der Waals surface area contributed by atoms with Gasteiger partial charge >= 0.3 is 19.5 Å². The first kappa shape index (κ1) is 38.8. The van der Waals surface area contributed by atoms with Gasteiger partial charge in [-0.1, -0.05) is 182 Å². The molecular weight excluding hydrogens is 679 g/mol. The van der Waals surface area contributed by atoms with E-state index < -0.39 is 15.8 Å². The van der Waals surface area contributed by atoms with Crippen LogP contribution in [0.25, 0.3) is 0 Å². The van der Waals surface area contributed by atoms with Gasteiger partial charge in [0.1, 0.15) is 0 Å². The Kier molecular flexibility index (Phi) is 20.9. The molecule has 3 nitrogen and oxygen atoms in total. The van der Waals surface area contributed by atoms with E-state index in [1.807, 2.05) is 0 Å². The van der Waals surface area contributed by atoms with Crippen LogP contribution in [-0.4, -0.2) is 20.4 Å². The van der Waals surface area contributed by atoms with Crippen LogP contribution in [0.5, 0.6) is 0 Å². The molecule has 0 saturated carbocycles. The summed E-state index contributed by atoms with van der Waals surface area (Å²) in [5.74, 6) is 0. The van der Waals surface area contributed by atoms with Crippen molar-refractivity contribution in [1.29, 1.82) is 0 Å². The molecule has 6 aromatic rings. The molecule has 6 aromatic carbocycles. The maximum Gasteiger partial charge on any atom is 3.00 e. The first-order valence-corrected chi connectivity index (χ1v) is 16.2. The van der Waals surface area contributed by atoms with Crippen LogP contribution in [0.15, 0.2) is 182 Å². The molecule has 0 unspecified atom stereocenters. The summed E-state index contributed by atoms with van der Waals surface area (Å²) in [7, 11) is -0.892. The van der Waals surface area contributed by atoms with Gasteiger partial charge in [0.2, 0.25) is 0 Å². The van der Waals surface area contributed by atoms with Crippen molar-refractivity contribution in [3.63, 3.8) is 0 Å². The summed E-state index contributed by atoms with van der Waals surface area (Å²) in [4.78, 5) is 23.2. The summed E-state index contributed by atoms with van der Waals surface area (Å²) in [6, 6.07) is 64.7. The molecule has 0 aliphatic heterocycles. The Labute approximate surface area is 282 Å². The van der Waals surface area contributed by atoms with Gasteiger partial charge in [-0.3, -0.25) is 20.4 Å². The van der Waals surface area contributed by atoms with Gasteiger partial charge in [0.15, 0.2) is 0 Å². The van der Waals surface area contributed by atoms with Crippen LogP contribution in [0.1, 0.15) is 0 Å². The molecule has 0 saturated heterocycles. The van der Waals surface area contributed by atoms with Gasteiger partial charge in [-0.25, -0.2) is 0 Å². The van der Waals surface area contributed by atoms with E-state index in [1.54, 1.807) is 0 Å². The molecule has 0 aliphatic carbocycles. The van der Waals surface area contributed by atoms with E-state index in [0.29, 0.717) is 0 Å². The molecule has 0 amide bonds. The number of rotatable bonds is 6. The Morgan fingerprint density at radius 3 is 0.467 bits per heavy atom. The van der Waals surface area contributed by atoms with Crippen molar-refractivity contribution < 1.29 is 33.9 Å². The normalized spacial score (nSPS) is 9.20. The fourth-order valence-electron chi connectivity index (χ4n) is 4.36. The van der Waals surface area contributed by atoms with Crippen LogP contribution in [0.3, 0.4) is 0 Å². The molecule has 6 heteroatoms. The zero-order chi connectivity index (χ0) is 31.8. The minimum atomic E-state index is -0.446. The van der Waals surface area contributed by atoms with E-state index >= 15 is 0 Å². The van der Waals surface area contributed by atoms with Crippen molar-refractivity contribution in [3.8, 4) is 0 Å². The Hall–Kier alpha value is -4.19. The summed E-state index contributed by atoms with van der Waals surface area (Å²) in [6.07, 6.45) is 0. The van der Waals surface area contributed by atoms with Gasteiger partial charge < -0.3 is 14.4 Å². The molecule has 0 N–H and O–H groups in total. The zero-order valence-electron chi connectivity index (χ0n) is 24.5. The van der Waals surface area contributed by atoms with Crippen molar-refractivity contribution in [2.75, 3.05) is 0 Å². The fraction of sp³-hybridized carbons (Fsp3) is 0. The molecule has 0 fully saturated rings. The summed E-state index contributed by atoms with van der Waals surface area (Å²) < 4.78 is 0. The van der Waals surface area contributed by atoms with Crippen LogP contribution >= 0.6 is 15.8 Å². The Balaban J connectivity index is 0.000000379. The monoisotopic (exact) mass is 713 g/mol. The Bertz CT molecular complexity index is 1230. The molecule has 0 atom stereocenters. The third-order valence-corrected chi connectivity index (χ3v) is 11.0. The van der Waals surface area contributed by atoms with Gasteiger partial charge in [-0.15, -0.1) is 0 Å². The van der Waals surface area contributed by atoms with Crippen molar-refractivity contribution in [2.45, 2.75) is 0 Å². The maximum atomic E-state index is 7.75. The molecule has 0 heterocycles. The standard InChI is InChI=1S/2C18H15P.3CHO.Ru/c2*1-4-10-16(11-5-1)19(17-12-6-2-7-13-17)18-14-8-3-9-15-18;3*1-2;/h2*1-15H;3*1H;/q;;3*-1;+3. The molecule has 45 heavy (non-hydrogen) atoms. The van der Waals surface area contributed by atoms with Crippen molar-refractivity contribution in [1.82, 2.24) is 0 Å². The number of hydrogen-bond donors (Lipinski definition) is 0. The molecule has 6 rings (SSSR count). The minimum Gasteiger partial charge on any atom is -0.545 e. The second-order valence-corrected chi connectivity index (χ2v) is 13.1. The van der Waals surface area contributed by atoms with E-state index in [4.69, 9.17) is 14.4 Å². The summed E-state index contributed by atoms with van der Waals surface area (Å²) in [5.41, 5.74) is 0. The SMILES string of the molecule is [CH-]=O.[CH-]=O.[CH-]=O.[Ru+3].c1ccc(P(c2ccccc2)c2ccccc2)cc1.c1ccc(P(c2ccccc2)c2ccccc2)cc1. The molecular formula is C39H33O3P2Ru. The molecule has 225 valence electrons. The third kappa shape index (κ3) is 12.4. The maximum absolute atomic E-state index is 7.75. The summed E-state index contributed by atoms with van der Waals surface area (Å²) in [5, 5.41) is 8.39. The predicted molar refractivity (Wildman–Crippen MR) is 191 cm³/mol. The number of carbonyl (C=O) groups excluding carboxylic acids is 3. The van der Waals surface area contributed by atoms with Crippen LogP contribution in [-0.2, 0) is 33.9 Å². The quantitative estimate of drug-likeness (QED) is 0.0914. The summed E-state index contributed by atoms with van der Waals surface area (Å²) in [6.45, 7) is 9.75. The first-order chi connectivity index (χ1) is 21.9. The number of benzene rings is 6. The van der Waals surface area contributed by atoms with Crippen LogP contribution in [0, 0.1) is 0 Å². The summed E-state index contributed by atoms with van der Waals surface area (Å²) >= 11 is 0. The fourth-order valence-corrected chi connectivity index (χ4v) is 8.97. The molecule has 1 radical (unpaired) electrons. The number of hydrogen-bond acceptors (Lipinski definition) is 3. The van der Waals surface area contributed by atoms with Gasteiger partial charge in [-0.2, -0.15) is 0 Å². The average molecular weight is 713 g/mol. The Morgan fingerprint density at radius 1 is 0.244 bits per heavy atom. The van der Waals surface area contributed by atoms with Gasteiger partial charge in [-0.05, 0) is 47.7 Å². The largest absolute Gasteiger partial charge is 3.00 e. The van der Waals surface area contributed by atoms with E-state index in [-0.39, 0.29) is 19.5 Å². The molecule has 0 aliphatic rings. The van der Waals surface area contributed by atoms with Gasteiger partial charge in [0.25, 0.3) is 0 Å². The Morgan fingerprint density at radius 2 is 0.356 bits per heavy atom. The van der Waals surface area contributed by atoms with Crippen molar-refractivity contribution >= 4 is 68.0 Å².